The molecule has 3 aliphatic heterocycles. The Morgan fingerprint density at radius 2 is 1.69 bits per heavy atom. The molecule has 4 heterocycles. The van der Waals surface area contributed by atoms with Crippen LogP contribution in [0.25, 0.3) is 10.4 Å². The lowest BCUT2D eigenvalue weighted by Gasteiger charge is -2.29. The van der Waals surface area contributed by atoms with Gasteiger partial charge in [0.25, 0.3) is 0 Å². The van der Waals surface area contributed by atoms with Gasteiger partial charge in [0.2, 0.25) is 11.8 Å². The van der Waals surface area contributed by atoms with E-state index in [0.29, 0.717) is 5.69 Å². The summed E-state index contributed by atoms with van der Waals surface area (Å²) < 4.78 is 11.3. The summed E-state index contributed by atoms with van der Waals surface area (Å²) in [5.41, 5.74) is 1.22. The highest BCUT2D eigenvalue weighted by molar-refractivity contribution is 7.15. The van der Waals surface area contributed by atoms with Gasteiger partial charge in [-0.2, -0.15) is 0 Å². The minimum atomic E-state index is -0.566. The zero-order valence-electron chi connectivity index (χ0n) is 20.0. The van der Waals surface area contributed by atoms with E-state index in [-0.39, 0.29) is 49.0 Å². The quantitative estimate of drug-likeness (QED) is 0.546. The number of carbonyl (C=O) groups excluding carboxylic acids is 3. The van der Waals surface area contributed by atoms with Crippen molar-refractivity contribution in [2.75, 3.05) is 18.5 Å². The lowest BCUT2D eigenvalue weighted by Crippen LogP contribution is -2.43. The van der Waals surface area contributed by atoms with Crippen LogP contribution in [0.3, 0.4) is 0 Å². The number of imide groups is 1. The van der Waals surface area contributed by atoms with Crippen molar-refractivity contribution in [1.29, 1.82) is 0 Å². The summed E-state index contributed by atoms with van der Waals surface area (Å²) in [6.07, 6.45) is 3.49. The maximum atomic E-state index is 12.9. The van der Waals surface area contributed by atoms with Gasteiger partial charge in [-0.05, 0) is 61.4 Å². The molecule has 35 heavy (non-hydrogen) atoms. The van der Waals surface area contributed by atoms with Crippen molar-refractivity contribution >= 4 is 34.9 Å². The number of likely N-dealkylation sites (tertiary alicyclic amines) is 1. The monoisotopic (exact) mass is 494 g/mol. The fraction of sp³-hybridized carbons (Fsp3) is 0.519. The van der Waals surface area contributed by atoms with Crippen LogP contribution < -0.4 is 5.32 Å². The molecule has 2 aromatic rings. The van der Waals surface area contributed by atoms with Gasteiger partial charge < -0.3 is 9.47 Å². The number of nitrogens with zero attached hydrogens (tertiary/aromatic N) is 1. The molecule has 3 amide bonds. The summed E-state index contributed by atoms with van der Waals surface area (Å²) in [5.74, 6) is -0.198. The molecule has 0 radical (unpaired) electrons. The van der Waals surface area contributed by atoms with Gasteiger partial charge in [-0.1, -0.05) is 26.0 Å². The molecule has 1 saturated carbocycles. The Morgan fingerprint density at radius 3 is 2.31 bits per heavy atom. The molecule has 184 valence electrons. The SMILES string of the molecule is CC(C)(COC(=O)Nc1ccc(-c2ccc(C3CC3)s2)cc1)CN1C(=O)C2C3CCC(O3)C2C1=O. The molecule has 4 aliphatic rings. The highest BCUT2D eigenvalue weighted by atomic mass is 32.1. The van der Waals surface area contributed by atoms with Crippen molar-refractivity contribution in [2.45, 2.75) is 57.7 Å². The predicted molar refractivity (Wildman–Crippen MR) is 132 cm³/mol. The summed E-state index contributed by atoms with van der Waals surface area (Å²) in [4.78, 5) is 42.3. The first-order valence-electron chi connectivity index (χ1n) is 12.4. The molecule has 3 saturated heterocycles. The topological polar surface area (TPSA) is 84.9 Å². The van der Waals surface area contributed by atoms with Gasteiger partial charge in [0.15, 0.2) is 0 Å². The van der Waals surface area contributed by atoms with Crippen LogP contribution in [0.5, 0.6) is 0 Å². The fourth-order valence-electron chi connectivity index (χ4n) is 5.63. The van der Waals surface area contributed by atoms with E-state index in [2.05, 4.69) is 17.4 Å². The third-order valence-corrected chi connectivity index (χ3v) is 8.87. The Hall–Kier alpha value is -2.71. The minimum Gasteiger partial charge on any atom is -0.449 e. The first-order chi connectivity index (χ1) is 16.8. The van der Waals surface area contributed by atoms with E-state index >= 15 is 0 Å². The van der Waals surface area contributed by atoms with Crippen molar-refractivity contribution in [2.24, 2.45) is 17.3 Å². The molecule has 7 nitrogen and oxygen atoms in total. The fourth-order valence-corrected chi connectivity index (χ4v) is 6.81. The average molecular weight is 495 g/mol. The molecule has 1 aromatic heterocycles. The van der Waals surface area contributed by atoms with E-state index in [9.17, 15) is 14.4 Å². The second-order valence-electron chi connectivity index (χ2n) is 11.0. The zero-order chi connectivity index (χ0) is 24.3. The number of amides is 3. The molecular weight excluding hydrogens is 464 g/mol. The highest BCUT2D eigenvalue weighted by Gasteiger charge is 2.62. The summed E-state index contributed by atoms with van der Waals surface area (Å²) in [5, 5.41) is 2.77. The number of hydrogen-bond donors (Lipinski definition) is 1. The smallest absolute Gasteiger partial charge is 0.411 e. The Balaban J connectivity index is 1.01. The van der Waals surface area contributed by atoms with Crippen LogP contribution in [-0.2, 0) is 19.1 Å². The number of nitrogens with one attached hydrogen (secondary N) is 1. The van der Waals surface area contributed by atoms with Gasteiger partial charge in [-0.3, -0.25) is 19.8 Å². The molecule has 0 spiro atoms. The van der Waals surface area contributed by atoms with Gasteiger partial charge in [0.1, 0.15) is 0 Å². The van der Waals surface area contributed by atoms with E-state index in [1.807, 2.05) is 49.4 Å². The average Bonchev–Trinajstić information content (AvgIpc) is 3.17. The summed E-state index contributed by atoms with van der Waals surface area (Å²) in [7, 11) is 0. The van der Waals surface area contributed by atoms with Crippen molar-refractivity contribution < 1.29 is 23.9 Å². The number of carbonyl (C=O) groups is 3. The maximum absolute atomic E-state index is 12.9. The first kappa shape index (κ1) is 22.7. The lowest BCUT2D eigenvalue weighted by atomic mass is 9.81. The molecule has 1 aliphatic carbocycles. The van der Waals surface area contributed by atoms with Gasteiger partial charge in [0, 0.05) is 27.4 Å². The van der Waals surface area contributed by atoms with Crippen LogP contribution >= 0.6 is 11.3 Å². The third-order valence-electron chi connectivity index (χ3n) is 7.58. The van der Waals surface area contributed by atoms with Crippen LogP contribution in [0.15, 0.2) is 36.4 Å². The number of anilines is 1. The first-order valence-corrected chi connectivity index (χ1v) is 13.3. The van der Waals surface area contributed by atoms with Gasteiger partial charge in [0.05, 0.1) is 30.7 Å². The van der Waals surface area contributed by atoms with E-state index in [1.165, 1.54) is 27.5 Å². The molecule has 4 fully saturated rings. The van der Waals surface area contributed by atoms with E-state index in [1.54, 1.807) is 0 Å². The number of benzene rings is 1. The lowest BCUT2D eigenvalue weighted by molar-refractivity contribution is -0.144. The highest BCUT2D eigenvalue weighted by Crippen LogP contribution is 2.49. The van der Waals surface area contributed by atoms with E-state index < -0.39 is 11.5 Å². The Morgan fingerprint density at radius 1 is 1.03 bits per heavy atom. The van der Waals surface area contributed by atoms with Gasteiger partial charge >= 0.3 is 6.09 Å². The van der Waals surface area contributed by atoms with Crippen molar-refractivity contribution in [3.8, 4) is 10.4 Å². The molecule has 8 heteroatoms. The van der Waals surface area contributed by atoms with Crippen LogP contribution in [0.1, 0.15) is 50.3 Å². The van der Waals surface area contributed by atoms with E-state index in [0.717, 1.165) is 24.3 Å². The second kappa shape index (κ2) is 8.45. The van der Waals surface area contributed by atoms with Crippen LogP contribution in [0, 0.1) is 17.3 Å². The molecule has 1 N–H and O–H groups in total. The third kappa shape index (κ3) is 4.27. The van der Waals surface area contributed by atoms with Gasteiger partial charge in [-0.25, -0.2) is 4.79 Å². The van der Waals surface area contributed by atoms with Crippen molar-refractivity contribution in [1.82, 2.24) is 4.90 Å². The zero-order valence-corrected chi connectivity index (χ0v) is 20.8. The van der Waals surface area contributed by atoms with Crippen LogP contribution in [0.2, 0.25) is 0 Å². The summed E-state index contributed by atoms with van der Waals surface area (Å²) >= 11 is 1.84. The summed E-state index contributed by atoms with van der Waals surface area (Å²) in [6, 6.07) is 12.1. The molecular formula is C27H30N2O5S. The summed E-state index contributed by atoms with van der Waals surface area (Å²) in [6.45, 7) is 4.10. The molecule has 1 aromatic carbocycles. The molecule has 6 rings (SSSR count). The number of hydrogen-bond acceptors (Lipinski definition) is 6. The largest absolute Gasteiger partial charge is 0.449 e. The van der Waals surface area contributed by atoms with E-state index in [4.69, 9.17) is 9.47 Å². The minimum absolute atomic E-state index is 0.0891. The molecule has 4 unspecified atom stereocenters. The Bertz CT molecular complexity index is 1140. The number of fused-ring (bicyclic) bond motifs is 5. The Kier molecular flexibility index (Phi) is 5.49. The predicted octanol–water partition coefficient (Wildman–Crippen LogP) is 5.03. The molecule has 4 atom stereocenters. The molecule has 2 bridgehead atoms. The maximum Gasteiger partial charge on any atom is 0.411 e. The number of rotatable bonds is 7. The normalized spacial score (nSPS) is 27.4. The standard InChI is InChI=1S/C27H30N2O5S/c1-27(2,13-29-24(30)22-18-9-10-19(34-18)23(22)25(29)31)14-33-26(32)28-17-7-5-16(6-8-17)21-12-11-20(35-21)15-3-4-15/h5-8,11-12,15,18-19,22-23H,3-4,9-10,13-14H2,1-2H3,(H,28,32). The number of thiophene rings is 1. The number of ether oxygens (including phenoxy) is 2. The van der Waals surface area contributed by atoms with Crippen LogP contribution in [0.4, 0.5) is 10.5 Å². The van der Waals surface area contributed by atoms with Crippen molar-refractivity contribution in [3.05, 3.63) is 41.3 Å². The second-order valence-corrected chi connectivity index (χ2v) is 12.1. The van der Waals surface area contributed by atoms with Crippen molar-refractivity contribution in [3.63, 3.8) is 0 Å². The Labute approximate surface area is 208 Å². The van der Waals surface area contributed by atoms with Crippen LogP contribution in [-0.4, -0.2) is 48.2 Å². The van der Waals surface area contributed by atoms with Gasteiger partial charge in [-0.15, -0.1) is 11.3 Å².